The van der Waals surface area contributed by atoms with Crippen molar-refractivity contribution in [3.05, 3.63) is 35.4 Å². The largest absolute Gasteiger partial charge is 0.293 e. The van der Waals surface area contributed by atoms with Crippen LogP contribution in [0.25, 0.3) is 0 Å². The standard InChI is InChI=1S/C13H16OS2/c1-2-10-3-5-11(6-4-10)13(14)12-9-15-7-8-16-12/h3-6,12H,2,7-9H2,1H3. The molecular weight excluding hydrogens is 236 g/mol. The Kier molecular flexibility index (Phi) is 4.36. The van der Waals surface area contributed by atoms with Gasteiger partial charge in [-0.05, 0) is 12.0 Å². The number of thioether (sulfide) groups is 2. The van der Waals surface area contributed by atoms with Crippen molar-refractivity contribution in [1.82, 2.24) is 0 Å². The van der Waals surface area contributed by atoms with Crippen LogP contribution in [0, 0.1) is 0 Å². The molecule has 1 heterocycles. The Balaban J connectivity index is 2.07. The predicted molar refractivity (Wildman–Crippen MR) is 73.7 cm³/mol. The van der Waals surface area contributed by atoms with Gasteiger partial charge in [0.2, 0.25) is 0 Å². The number of benzene rings is 1. The van der Waals surface area contributed by atoms with Crippen LogP contribution in [0.15, 0.2) is 24.3 Å². The highest BCUT2D eigenvalue weighted by atomic mass is 32.2. The van der Waals surface area contributed by atoms with Crippen LogP contribution in [0.5, 0.6) is 0 Å². The number of ketones is 1. The van der Waals surface area contributed by atoms with Crippen molar-refractivity contribution in [2.45, 2.75) is 18.6 Å². The maximum Gasteiger partial charge on any atom is 0.176 e. The van der Waals surface area contributed by atoms with Crippen molar-refractivity contribution < 1.29 is 4.79 Å². The van der Waals surface area contributed by atoms with Crippen LogP contribution in [0.2, 0.25) is 0 Å². The van der Waals surface area contributed by atoms with Gasteiger partial charge in [0, 0.05) is 22.8 Å². The highest BCUT2D eigenvalue weighted by molar-refractivity contribution is 8.07. The van der Waals surface area contributed by atoms with E-state index in [1.54, 1.807) is 11.8 Å². The summed E-state index contributed by atoms with van der Waals surface area (Å²) < 4.78 is 0. The first-order valence-electron chi connectivity index (χ1n) is 5.63. The second-order valence-corrected chi connectivity index (χ2v) is 6.31. The average molecular weight is 252 g/mol. The summed E-state index contributed by atoms with van der Waals surface area (Å²) >= 11 is 3.70. The minimum atomic E-state index is 0.172. The highest BCUT2D eigenvalue weighted by Crippen LogP contribution is 2.26. The first kappa shape index (κ1) is 12.1. The van der Waals surface area contributed by atoms with E-state index in [1.807, 2.05) is 23.9 Å². The lowest BCUT2D eigenvalue weighted by Crippen LogP contribution is -2.24. The lowest BCUT2D eigenvalue weighted by Gasteiger charge is -2.19. The summed E-state index contributed by atoms with van der Waals surface area (Å²) in [6, 6.07) is 8.07. The smallest absolute Gasteiger partial charge is 0.176 e. The van der Waals surface area contributed by atoms with E-state index in [1.165, 1.54) is 11.3 Å². The van der Waals surface area contributed by atoms with E-state index in [-0.39, 0.29) is 5.25 Å². The van der Waals surface area contributed by atoms with Crippen molar-refractivity contribution in [2.75, 3.05) is 17.3 Å². The van der Waals surface area contributed by atoms with E-state index in [4.69, 9.17) is 0 Å². The minimum absolute atomic E-state index is 0.172. The molecule has 0 saturated carbocycles. The molecule has 1 fully saturated rings. The summed E-state index contributed by atoms with van der Waals surface area (Å²) in [5.74, 6) is 3.57. The zero-order chi connectivity index (χ0) is 11.4. The van der Waals surface area contributed by atoms with Crippen molar-refractivity contribution in [1.29, 1.82) is 0 Å². The molecule has 1 aromatic carbocycles. The third-order valence-corrected chi connectivity index (χ3v) is 5.51. The fraction of sp³-hybridized carbons (Fsp3) is 0.462. The molecule has 0 amide bonds. The highest BCUT2D eigenvalue weighted by Gasteiger charge is 2.22. The summed E-state index contributed by atoms with van der Waals surface area (Å²) in [6.07, 6.45) is 1.03. The molecule has 16 heavy (non-hydrogen) atoms. The van der Waals surface area contributed by atoms with Gasteiger partial charge in [-0.15, -0.1) is 11.8 Å². The molecule has 0 aromatic heterocycles. The normalized spacial score (nSPS) is 20.7. The molecule has 1 unspecified atom stereocenters. The van der Waals surface area contributed by atoms with E-state index in [9.17, 15) is 4.79 Å². The molecule has 0 spiro atoms. The van der Waals surface area contributed by atoms with Crippen molar-refractivity contribution >= 4 is 29.3 Å². The van der Waals surface area contributed by atoms with Gasteiger partial charge in [0.05, 0.1) is 5.25 Å². The van der Waals surface area contributed by atoms with Crippen LogP contribution >= 0.6 is 23.5 Å². The Morgan fingerprint density at radius 2 is 2.06 bits per heavy atom. The lowest BCUT2D eigenvalue weighted by atomic mass is 10.1. The fourth-order valence-corrected chi connectivity index (χ4v) is 4.36. The molecule has 1 saturated heterocycles. The molecule has 0 aliphatic carbocycles. The molecule has 0 radical (unpaired) electrons. The molecule has 0 N–H and O–H groups in total. The molecule has 1 atom stereocenters. The zero-order valence-electron chi connectivity index (χ0n) is 9.44. The molecule has 1 aliphatic heterocycles. The molecule has 3 heteroatoms. The van der Waals surface area contributed by atoms with Crippen molar-refractivity contribution in [2.24, 2.45) is 0 Å². The average Bonchev–Trinajstić information content (AvgIpc) is 2.39. The van der Waals surface area contributed by atoms with Gasteiger partial charge >= 0.3 is 0 Å². The zero-order valence-corrected chi connectivity index (χ0v) is 11.1. The van der Waals surface area contributed by atoms with E-state index in [0.717, 1.165) is 23.5 Å². The topological polar surface area (TPSA) is 17.1 Å². The van der Waals surface area contributed by atoms with Gasteiger partial charge in [-0.3, -0.25) is 4.79 Å². The molecule has 1 aliphatic rings. The van der Waals surface area contributed by atoms with Crippen molar-refractivity contribution in [3.63, 3.8) is 0 Å². The first-order valence-corrected chi connectivity index (χ1v) is 7.84. The molecule has 0 bridgehead atoms. The number of rotatable bonds is 3. The number of aryl methyl sites for hydroxylation is 1. The Morgan fingerprint density at radius 3 is 2.62 bits per heavy atom. The number of hydrogen-bond donors (Lipinski definition) is 0. The molecular formula is C13H16OS2. The van der Waals surface area contributed by atoms with Gasteiger partial charge in [-0.1, -0.05) is 31.2 Å². The van der Waals surface area contributed by atoms with Gasteiger partial charge in [-0.2, -0.15) is 11.8 Å². The van der Waals surface area contributed by atoms with Crippen LogP contribution in [0.3, 0.4) is 0 Å². The fourth-order valence-electron chi connectivity index (χ4n) is 1.73. The number of carbonyl (C=O) groups excluding carboxylic acids is 1. The summed E-state index contributed by atoms with van der Waals surface area (Å²) in [4.78, 5) is 12.2. The maximum atomic E-state index is 12.2. The first-order chi connectivity index (χ1) is 7.81. The van der Waals surface area contributed by atoms with Crippen LogP contribution < -0.4 is 0 Å². The summed E-state index contributed by atoms with van der Waals surface area (Å²) in [5, 5.41) is 0.172. The van der Waals surface area contributed by atoms with E-state index >= 15 is 0 Å². The van der Waals surface area contributed by atoms with E-state index < -0.39 is 0 Å². The Morgan fingerprint density at radius 1 is 1.31 bits per heavy atom. The molecule has 1 nitrogen and oxygen atoms in total. The Labute approximate surface area is 105 Å². The summed E-state index contributed by atoms with van der Waals surface area (Å²) in [7, 11) is 0. The molecule has 2 rings (SSSR count). The minimum Gasteiger partial charge on any atom is -0.293 e. The van der Waals surface area contributed by atoms with E-state index in [2.05, 4.69) is 19.1 Å². The molecule has 1 aromatic rings. The second-order valence-electron chi connectivity index (χ2n) is 3.85. The quantitative estimate of drug-likeness (QED) is 0.769. The maximum absolute atomic E-state index is 12.2. The third kappa shape index (κ3) is 2.83. The Bertz CT molecular complexity index is 353. The predicted octanol–water partition coefficient (Wildman–Crippen LogP) is 3.28. The van der Waals surface area contributed by atoms with E-state index in [0.29, 0.717) is 5.78 Å². The monoisotopic (exact) mass is 252 g/mol. The van der Waals surface area contributed by atoms with Crippen LogP contribution in [-0.4, -0.2) is 28.3 Å². The number of carbonyl (C=O) groups is 1. The Hall–Kier alpha value is -0.410. The summed E-state index contributed by atoms with van der Waals surface area (Å²) in [6.45, 7) is 2.13. The summed E-state index contributed by atoms with van der Waals surface area (Å²) in [5.41, 5.74) is 2.17. The molecule has 86 valence electrons. The van der Waals surface area contributed by atoms with Gasteiger partial charge in [-0.25, -0.2) is 0 Å². The van der Waals surface area contributed by atoms with Crippen LogP contribution in [0.4, 0.5) is 0 Å². The van der Waals surface area contributed by atoms with Gasteiger partial charge in [0.15, 0.2) is 5.78 Å². The van der Waals surface area contributed by atoms with Crippen LogP contribution in [-0.2, 0) is 6.42 Å². The van der Waals surface area contributed by atoms with Gasteiger partial charge in [0.1, 0.15) is 0 Å². The number of Topliss-reactive ketones (excluding diaryl/α,β-unsaturated/α-hetero) is 1. The third-order valence-electron chi connectivity index (χ3n) is 2.76. The van der Waals surface area contributed by atoms with Gasteiger partial charge < -0.3 is 0 Å². The number of hydrogen-bond acceptors (Lipinski definition) is 3. The van der Waals surface area contributed by atoms with Crippen LogP contribution in [0.1, 0.15) is 22.8 Å². The van der Waals surface area contributed by atoms with Gasteiger partial charge in [0.25, 0.3) is 0 Å². The lowest BCUT2D eigenvalue weighted by molar-refractivity contribution is 0.0995. The second kappa shape index (κ2) is 5.78. The SMILES string of the molecule is CCc1ccc(C(=O)C2CSCCS2)cc1. The van der Waals surface area contributed by atoms with Crippen molar-refractivity contribution in [3.8, 4) is 0 Å².